The van der Waals surface area contributed by atoms with E-state index in [1.54, 1.807) is 0 Å². The number of nitrogens with two attached hydrogens (primary N) is 1. The number of hydrogen-bond donors (Lipinski definition) is 1. The third-order valence-corrected chi connectivity index (χ3v) is 3.66. The number of amides is 1. The lowest BCUT2D eigenvalue weighted by Crippen LogP contribution is -2.34. The van der Waals surface area contributed by atoms with Gasteiger partial charge < -0.3 is 5.73 Å². The highest BCUT2D eigenvalue weighted by Gasteiger charge is 2.21. The van der Waals surface area contributed by atoms with Crippen LogP contribution in [0.5, 0.6) is 0 Å². The first-order valence-corrected chi connectivity index (χ1v) is 8.12. The van der Waals surface area contributed by atoms with Crippen molar-refractivity contribution in [3.05, 3.63) is 33.8 Å². The van der Waals surface area contributed by atoms with Gasteiger partial charge in [0.1, 0.15) is 5.84 Å². The topological polar surface area (TPSA) is 67.9 Å². The second-order valence-electron chi connectivity index (χ2n) is 4.98. The Morgan fingerprint density at radius 2 is 2.23 bits per heavy atom. The zero-order chi connectivity index (χ0) is 16.1. The molecule has 1 heterocycles. The lowest BCUT2D eigenvalue weighted by atomic mass is 10.1. The monoisotopic (exact) mass is 365 g/mol. The molecule has 6 heteroatoms. The van der Waals surface area contributed by atoms with Crippen LogP contribution in [0.2, 0.25) is 0 Å². The molecule has 1 aromatic carbocycles. The number of nitrogens with zero attached hydrogens (tertiary/aromatic N) is 2. The first kappa shape index (κ1) is 16.7. The Morgan fingerprint density at radius 3 is 2.91 bits per heavy atom. The standard InChI is InChI=1S/C16H20BrN3O2/c1-3-7-20(22-4-2)16(21)12-8-11-5-6-13(17)10-14(11)19-15(18)9-12/h5-6,8,10H,3-4,7,9H2,1-2H3,(H2,18,19). The van der Waals surface area contributed by atoms with E-state index in [4.69, 9.17) is 10.6 Å². The van der Waals surface area contributed by atoms with Gasteiger partial charge in [0.25, 0.3) is 5.91 Å². The van der Waals surface area contributed by atoms with Gasteiger partial charge in [-0.15, -0.1) is 0 Å². The maximum atomic E-state index is 12.7. The zero-order valence-corrected chi connectivity index (χ0v) is 14.4. The highest BCUT2D eigenvalue weighted by Crippen LogP contribution is 2.29. The van der Waals surface area contributed by atoms with E-state index in [0.717, 1.165) is 22.1 Å². The lowest BCUT2D eigenvalue weighted by molar-refractivity contribution is -0.180. The minimum absolute atomic E-state index is 0.155. The van der Waals surface area contributed by atoms with E-state index in [1.807, 2.05) is 38.1 Å². The average Bonchev–Trinajstić information content (AvgIpc) is 2.64. The van der Waals surface area contributed by atoms with E-state index < -0.39 is 0 Å². The molecular formula is C16H20BrN3O2. The van der Waals surface area contributed by atoms with Gasteiger partial charge in [0, 0.05) is 28.6 Å². The van der Waals surface area contributed by atoms with Crippen molar-refractivity contribution < 1.29 is 9.63 Å². The summed E-state index contributed by atoms with van der Waals surface area (Å²) in [5.74, 6) is 0.266. The Labute approximate surface area is 138 Å². The quantitative estimate of drug-likeness (QED) is 0.812. The van der Waals surface area contributed by atoms with Gasteiger partial charge in [-0.1, -0.05) is 28.9 Å². The number of fused-ring (bicyclic) bond motifs is 1. The Balaban J connectivity index is 2.36. The lowest BCUT2D eigenvalue weighted by Gasteiger charge is -2.21. The van der Waals surface area contributed by atoms with Gasteiger partial charge in [-0.25, -0.2) is 10.1 Å². The molecular weight excluding hydrogens is 346 g/mol. The zero-order valence-electron chi connectivity index (χ0n) is 12.8. The summed E-state index contributed by atoms with van der Waals surface area (Å²) < 4.78 is 0.924. The Bertz CT molecular complexity index is 620. The summed E-state index contributed by atoms with van der Waals surface area (Å²) >= 11 is 3.42. The first-order valence-electron chi connectivity index (χ1n) is 7.33. The van der Waals surface area contributed by atoms with Gasteiger partial charge in [-0.3, -0.25) is 9.63 Å². The fourth-order valence-corrected chi connectivity index (χ4v) is 2.59. The normalized spacial score (nSPS) is 13.8. The highest BCUT2D eigenvalue weighted by molar-refractivity contribution is 9.10. The number of carbonyl (C=O) groups excluding carboxylic acids is 1. The van der Waals surface area contributed by atoms with Crippen LogP contribution in [-0.2, 0) is 9.63 Å². The summed E-state index contributed by atoms with van der Waals surface area (Å²) in [5, 5.41) is 1.41. The van der Waals surface area contributed by atoms with Crippen molar-refractivity contribution in [3.63, 3.8) is 0 Å². The third-order valence-electron chi connectivity index (χ3n) is 3.17. The van der Waals surface area contributed by atoms with E-state index in [-0.39, 0.29) is 5.91 Å². The number of aliphatic imine (C=N–C) groups is 1. The van der Waals surface area contributed by atoms with Crippen molar-refractivity contribution in [1.82, 2.24) is 5.06 Å². The molecule has 0 fully saturated rings. The fraction of sp³-hybridized carbons (Fsp3) is 0.375. The van der Waals surface area contributed by atoms with Crippen LogP contribution in [0.1, 0.15) is 32.3 Å². The largest absolute Gasteiger partial charge is 0.387 e. The van der Waals surface area contributed by atoms with Crippen LogP contribution in [0.4, 0.5) is 5.69 Å². The molecule has 0 unspecified atom stereocenters. The van der Waals surface area contributed by atoms with Gasteiger partial charge in [-0.2, -0.15) is 0 Å². The number of rotatable bonds is 5. The van der Waals surface area contributed by atoms with E-state index >= 15 is 0 Å². The molecule has 22 heavy (non-hydrogen) atoms. The molecule has 5 nitrogen and oxygen atoms in total. The molecule has 0 spiro atoms. The predicted molar refractivity (Wildman–Crippen MR) is 91.6 cm³/mol. The van der Waals surface area contributed by atoms with E-state index in [0.29, 0.717) is 31.0 Å². The van der Waals surface area contributed by atoms with Crippen molar-refractivity contribution in [2.45, 2.75) is 26.7 Å². The number of hydroxylamine groups is 2. The number of amidine groups is 1. The summed E-state index contributed by atoms with van der Waals surface area (Å²) in [6, 6.07) is 5.72. The van der Waals surface area contributed by atoms with Gasteiger partial charge in [0.05, 0.1) is 12.3 Å². The summed E-state index contributed by atoms with van der Waals surface area (Å²) in [6.07, 6.45) is 2.99. The molecule has 1 aliphatic heterocycles. The maximum absolute atomic E-state index is 12.7. The maximum Gasteiger partial charge on any atom is 0.273 e. The fourth-order valence-electron chi connectivity index (χ4n) is 2.24. The second-order valence-corrected chi connectivity index (χ2v) is 5.89. The number of carbonyl (C=O) groups is 1. The second kappa shape index (κ2) is 7.56. The van der Waals surface area contributed by atoms with Crippen molar-refractivity contribution in [2.24, 2.45) is 10.7 Å². The van der Waals surface area contributed by atoms with Crippen molar-refractivity contribution in [3.8, 4) is 0 Å². The smallest absolute Gasteiger partial charge is 0.273 e. The SMILES string of the molecule is CCCN(OCC)C(=O)C1=Cc2ccc(Br)cc2N=C(N)C1. The van der Waals surface area contributed by atoms with E-state index in [1.165, 1.54) is 5.06 Å². The first-order chi connectivity index (χ1) is 10.5. The molecule has 2 rings (SSSR count). The van der Waals surface area contributed by atoms with Gasteiger partial charge in [-0.05, 0) is 31.6 Å². The minimum atomic E-state index is -0.155. The summed E-state index contributed by atoms with van der Waals surface area (Å²) in [6.45, 7) is 4.86. The molecule has 0 bridgehead atoms. The number of halogens is 1. The summed E-state index contributed by atoms with van der Waals surface area (Å²) in [5.41, 5.74) is 8.18. The third kappa shape index (κ3) is 3.96. The van der Waals surface area contributed by atoms with Gasteiger partial charge in [0.15, 0.2) is 0 Å². The Kier molecular flexibility index (Phi) is 5.74. The molecule has 1 aliphatic rings. The predicted octanol–water partition coefficient (Wildman–Crippen LogP) is 3.42. The highest BCUT2D eigenvalue weighted by atomic mass is 79.9. The molecule has 0 aliphatic carbocycles. The van der Waals surface area contributed by atoms with Crippen LogP contribution in [0.15, 0.2) is 33.2 Å². The van der Waals surface area contributed by atoms with Crippen LogP contribution in [0.25, 0.3) is 6.08 Å². The van der Waals surface area contributed by atoms with Crippen molar-refractivity contribution >= 4 is 39.4 Å². The molecule has 2 N–H and O–H groups in total. The summed E-state index contributed by atoms with van der Waals surface area (Å²) in [7, 11) is 0. The van der Waals surface area contributed by atoms with Gasteiger partial charge in [0.2, 0.25) is 0 Å². The van der Waals surface area contributed by atoms with Crippen LogP contribution in [0.3, 0.4) is 0 Å². The molecule has 0 atom stereocenters. The molecule has 0 saturated heterocycles. The van der Waals surface area contributed by atoms with E-state index in [2.05, 4.69) is 20.9 Å². The Morgan fingerprint density at radius 1 is 1.45 bits per heavy atom. The molecule has 0 radical (unpaired) electrons. The molecule has 118 valence electrons. The number of benzene rings is 1. The molecule has 1 aromatic rings. The van der Waals surface area contributed by atoms with Crippen LogP contribution >= 0.6 is 15.9 Å². The molecule has 0 aromatic heterocycles. The minimum Gasteiger partial charge on any atom is -0.387 e. The summed E-state index contributed by atoms with van der Waals surface area (Å²) in [4.78, 5) is 22.5. The average molecular weight is 366 g/mol. The van der Waals surface area contributed by atoms with E-state index in [9.17, 15) is 4.79 Å². The number of hydrogen-bond acceptors (Lipinski definition) is 4. The van der Waals surface area contributed by atoms with Gasteiger partial charge >= 0.3 is 0 Å². The Hall–Kier alpha value is -1.66. The molecule has 0 saturated carbocycles. The van der Waals surface area contributed by atoms with Crippen LogP contribution < -0.4 is 5.73 Å². The van der Waals surface area contributed by atoms with Crippen LogP contribution in [-0.4, -0.2) is 30.0 Å². The van der Waals surface area contributed by atoms with Crippen molar-refractivity contribution in [2.75, 3.05) is 13.2 Å². The van der Waals surface area contributed by atoms with Crippen LogP contribution in [0, 0.1) is 0 Å². The van der Waals surface area contributed by atoms with Crippen molar-refractivity contribution in [1.29, 1.82) is 0 Å². The molecule has 1 amide bonds.